The molecule has 0 spiro atoms. The Morgan fingerprint density at radius 1 is 1.33 bits per heavy atom. The van der Waals surface area contributed by atoms with Crippen LogP contribution in [0.4, 0.5) is 5.69 Å². The molecule has 100 valence electrons. The van der Waals surface area contributed by atoms with Gasteiger partial charge in [0.2, 0.25) is 0 Å². The van der Waals surface area contributed by atoms with Crippen LogP contribution in [-0.2, 0) is 5.33 Å². The van der Waals surface area contributed by atoms with Crippen LogP contribution in [0.15, 0.2) is 22.7 Å². The maximum atomic E-state index is 3.72. The van der Waals surface area contributed by atoms with E-state index in [-0.39, 0.29) is 0 Å². The van der Waals surface area contributed by atoms with E-state index in [2.05, 4.69) is 73.8 Å². The normalized spacial score (nSPS) is 22.0. The fourth-order valence-electron chi connectivity index (χ4n) is 2.60. The number of likely N-dealkylation sites (N-methyl/N-ethyl adjacent to an activating group) is 1. The van der Waals surface area contributed by atoms with E-state index in [1.54, 1.807) is 0 Å². The molecule has 18 heavy (non-hydrogen) atoms. The fourth-order valence-corrected chi connectivity index (χ4v) is 3.60. The van der Waals surface area contributed by atoms with Gasteiger partial charge >= 0.3 is 0 Å². The predicted octanol–water partition coefficient (Wildman–Crippen LogP) is 3.87. The van der Waals surface area contributed by atoms with E-state index in [1.807, 2.05) is 0 Å². The standard InChI is InChI=1S/C14H20Br2N2/c1-11-10-17(2)6-3-7-18(11)14-5-4-12(9-15)8-13(14)16/h4-5,8,11H,3,6-7,9-10H2,1-2H3. The van der Waals surface area contributed by atoms with Crippen LogP contribution < -0.4 is 4.90 Å². The van der Waals surface area contributed by atoms with Gasteiger partial charge < -0.3 is 9.80 Å². The van der Waals surface area contributed by atoms with Crippen LogP contribution in [0.2, 0.25) is 0 Å². The Hall–Kier alpha value is -0.0600. The highest BCUT2D eigenvalue weighted by atomic mass is 79.9. The van der Waals surface area contributed by atoms with Crippen molar-refractivity contribution in [1.29, 1.82) is 0 Å². The van der Waals surface area contributed by atoms with Gasteiger partial charge in [-0.3, -0.25) is 0 Å². The summed E-state index contributed by atoms with van der Waals surface area (Å²) in [5.41, 5.74) is 2.63. The van der Waals surface area contributed by atoms with Crippen LogP contribution >= 0.6 is 31.9 Å². The summed E-state index contributed by atoms with van der Waals surface area (Å²) in [6.45, 7) is 5.77. The number of halogens is 2. The molecule has 2 nitrogen and oxygen atoms in total. The minimum Gasteiger partial charge on any atom is -0.367 e. The molecule has 1 saturated heterocycles. The van der Waals surface area contributed by atoms with Crippen molar-refractivity contribution in [2.24, 2.45) is 0 Å². The highest BCUT2D eigenvalue weighted by Crippen LogP contribution is 2.30. The molecule has 0 N–H and O–H groups in total. The highest BCUT2D eigenvalue weighted by molar-refractivity contribution is 9.10. The van der Waals surface area contributed by atoms with E-state index in [4.69, 9.17) is 0 Å². The van der Waals surface area contributed by atoms with E-state index in [1.165, 1.54) is 28.7 Å². The zero-order valence-electron chi connectivity index (χ0n) is 11.0. The van der Waals surface area contributed by atoms with Gasteiger partial charge in [0.05, 0.1) is 5.69 Å². The quantitative estimate of drug-likeness (QED) is 0.724. The molecule has 1 aromatic rings. The zero-order valence-corrected chi connectivity index (χ0v) is 14.2. The lowest BCUT2D eigenvalue weighted by molar-refractivity contribution is 0.337. The second-order valence-corrected chi connectivity index (χ2v) is 6.49. The van der Waals surface area contributed by atoms with Crippen molar-refractivity contribution in [3.05, 3.63) is 28.2 Å². The SMILES string of the molecule is CC1CN(C)CCCN1c1ccc(CBr)cc1Br. The van der Waals surface area contributed by atoms with Crippen molar-refractivity contribution in [2.75, 3.05) is 31.6 Å². The molecule has 0 aromatic heterocycles. The molecular weight excluding hydrogens is 356 g/mol. The molecule has 0 aliphatic carbocycles. The number of hydrogen-bond donors (Lipinski definition) is 0. The van der Waals surface area contributed by atoms with Crippen LogP contribution in [-0.4, -0.2) is 37.6 Å². The van der Waals surface area contributed by atoms with Crippen LogP contribution in [0, 0.1) is 0 Å². The lowest BCUT2D eigenvalue weighted by Crippen LogP contribution is -2.38. The molecule has 0 bridgehead atoms. The van der Waals surface area contributed by atoms with Crippen molar-refractivity contribution < 1.29 is 0 Å². The summed E-state index contributed by atoms with van der Waals surface area (Å²) in [5.74, 6) is 0. The van der Waals surface area contributed by atoms with Crippen LogP contribution in [0.25, 0.3) is 0 Å². The Morgan fingerprint density at radius 2 is 2.11 bits per heavy atom. The average molecular weight is 376 g/mol. The highest BCUT2D eigenvalue weighted by Gasteiger charge is 2.21. The van der Waals surface area contributed by atoms with Gasteiger partial charge in [-0.2, -0.15) is 0 Å². The molecule has 1 fully saturated rings. The molecule has 0 amide bonds. The Bertz CT molecular complexity index is 409. The lowest BCUT2D eigenvalue weighted by Gasteiger charge is -2.31. The first-order chi connectivity index (χ1) is 8.61. The van der Waals surface area contributed by atoms with Crippen molar-refractivity contribution in [1.82, 2.24) is 4.90 Å². The summed E-state index contributed by atoms with van der Waals surface area (Å²) in [5, 5.41) is 0.907. The van der Waals surface area contributed by atoms with Crippen molar-refractivity contribution in [3.8, 4) is 0 Å². The molecule has 1 aliphatic heterocycles. The summed E-state index contributed by atoms with van der Waals surface area (Å²) < 4.78 is 1.20. The molecule has 0 saturated carbocycles. The smallest absolute Gasteiger partial charge is 0.0513 e. The van der Waals surface area contributed by atoms with Gasteiger partial charge in [-0.25, -0.2) is 0 Å². The van der Waals surface area contributed by atoms with E-state index in [9.17, 15) is 0 Å². The summed E-state index contributed by atoms with van der Waals surface area (Å²) >= 11 is 7.22. The van der Waals surface area contributed by atoms with Crippen molar-refractivity contribution in [2.45, 2.75) is 24.7 Å². The van der Waals surface area contributed by atoms with Gasteiger partial charge in [0.1, 0.15) is 0 Å². The summed E-state index contributed by atoms with van der Waals surface area (Å²) in [6.07, 6.45) is 1.23. The summed E-state index contributed by atoms with van der Waals surface area (Å²) in [7, 11) is 2.21. The number of rotatable bonds is 2. The summed E-state index contributed by atoms with van der Waals surface area (Å²) in [6, 6.07) is 7.22. The zero-order chi connectivity index (χ0) is 13.1. The topological polar surface area (TPSA) is 6.48 Å². The molecule has 1 unspecified atom stereocenters. The molecule has 4 heteroatoms. The molecule has 1 aliphatic rings. The number of benzene rings is 1. The third kappa shape index (κ3) is 3.28. The van der Waals surface area contributed by atoms with Gasteiger partial charge in [0.25, 0.3) is 0 Å². The Labute approximate surface area is 127 Å². The number of alkyl halides is 1. The number of anilines is 1. The van der Waals surface area contributed by atoms with E-state index in [0.717, 1.165) is 18.4 Å². The van der Waals surface area contributed by atoms with E-state index < -0.39 is 0 Å². The summed E-state index contributed by atoms with van der Waals surface area (Å²) in [4.78, 5) is 4.94. The molecule has 0 radical (unpaired) electrons. The van der Waals surface area contributed by atoms with Gasteiger partial charge in [-0.05, 0) is 60.6 Å². The molecule has 1 atom stereocenters. The first kappa shape index (κ1) is 14.4. The maximum Gasteiger partial charge on any atom is 0.0513 e. The molecule has 2 rings (SSSR count). The third-order valence-corrected chi connectivity index (χ3v) is 4.81. The first-order valence-corrected chi connectivity index (χ1v) is 8.33. The minimum atomic E-state index is 0.559. The molecule has 1 aromatic carbocycles. The van der Waals surface area contributed by atoms with E-state index >= 15 is 0 Å². The number of hydrogen-bond acceptors (Lipinski definition) is 2. The van der Waals surface area contributed by atoms with Crippen LogP contribution in [0.1, 0.15) is 18.9 Å². The van der Waals surface area contributed by atoms with Gasteiger partial charge in [0, 0.05) is 28.9 Å². The average Bonchev–Trinajstić information content (AvgIpc) is 2.50. The molecule has 1 heterocycles. The van der Waals surface area contributed by atoms with Crippen molar-refractivity contribution >= 4 is 37.5 Å². The Balaban J connectivity index is 2.24. The monoisotopic (exact) mass is 374 g/mol. The van der Waals surface area contributed by atoms with Gasteiger partial charge in [-0.15, -0.1) is 0 Å². The third-order valence-electron chi connectivity index (χ3n) is 3.52. The second kappa shape index (κ2) is 6.40. The van der Waals surface area contributed by atoms with E-state index in [0.29, 0.717) is 6.04 Å². The Kier molecular flexibility index (Phi) is 5.10. The maximum absolute atomic E-state index is 3.72. The number of nitrogens with zero attached hydrogens (tertiary/aromatic N) is 2. The van der Waals surface area contributed by atoms with Crippen LogP contribution in [0.5, 0.6) is 0 Å². The largest absolute Gasteiger partial charge is 0.367 e. The van der Waals surface area contributed by atoms with Gasteiger partial charge in [0.15, 0.2) is 0 Å². The minimum absolute atomic E-state index is 0.559. The fraction of sp³-hybridized carbons (Fsp3) is 0.571. The van der Waals surface area contributed by atoms with Crippen molar-refractivity contribution in [3.63, 3.8) is 0 Å². The lowest BCUT2D eigenvalue weighted by atomic mass is 10.2. The van der Waals surface area contributed by atoms with Gasteiger partial charge in [-0.1, -0.05) is 22.0 Å². The Morgan fingerprint density at radius 3 is 2.78 bits per heavy atom. The first-order valence-electron chi connectivity index (χ1n) is 6.41. The molecular formula is C14H20Br2N2. The second-order valence-electron chi connectivity index (χ2n) is 5.08. The van der Waals surface area contributed by atoms with Crippen LogP contribution in [0.3, 0.4) is 0 Å². The predicted molar refractivity (Wildman–Crippen MR) is 85.7 cm³/mol.